The van der Waals surface area contributed by atoms with Crippen molar-refractivity contribution < 1.29 is 0 Å². The Morgan fingerprint density at radius 3 is 1.41 bits per heavy atom. The summed E-state index contributed by atoms with van der Waals surface area (Å²) in [5.41, 5.74) is 4.19. The van der Waals surface area contributed by atoms with Gasteiger partial charge in [0.05, 0.1) is 0 Å². The molecule has 0 saturated carbocycles. The highest BCUT2D eigenvalue weighted by Crippen LogP contribution is 2.58. The average Bonchev–Trinajstić information content (AvgIpc) is 2.55. The Morgan fingerprint density at radius 1 is 0.765 bits per heavy atom. The van der Waals surface area contributed by atoms with Gasteiger partial charge >= 0.3 is 0 Å². The van der Waals surface area contributed by atoms with Gasteiger partial charge in [0.15, 0.2) is 0 Å². The SMILES string of the molecule is CC(C)(C)C1(C(C)(C)C)Cc2ccccc2C1. The predicted molar refractivity (Wildman–Crippen MR) is 75.2 cm³/mol. The summed E-state index contributed by atoms with van der Waals surface area (Å²) in [5, 5.41) is 0. The molecule has 0 heteroatoms. The van der Waals surface area contributed by atoms with Gasteiger partial charge in [-0.1, -0.05) is 65.8 Å². The molecule has 2 rings (SSSR count). The van der Waals surface area contributed by atoms with Crippen molar-refractivity contribution in [3.8, 4) is 0 Å². The van der Waals surface area contributed by atoms with Gasteiger partial charge < -0.3 is 0 Å². The largest absolute Gasteiger partial charge is 0.0620 e. The van der Waals surface area contributed by atoms with Crippen LogP contribution in [0.15, 0.2) is 24.3 Å². The Morgan fingerprint density at radius 2 is 1.12 bits per heavy atom. The van der Waals surface area contributed by atoms with Gasteiger partial charge in [-0.05, 0) is 40.2 Å². The number of hydrogen-bond acceptors (Lipinski definition) is 0. The van der Waals surface area contributed by atoms with Crippen molar-refractivity contribution in [2.75, 3.05) is 0 Å². The number of rotatable bonds is 0. The fourth-order valence-electron chi connectivity index (χ4n) is 3.80. The zero-order valence-electron chi connectivity index (χ0n) is 12.2. The average molecular weight is 230 g/mol. The van der Waals surface area contributed by atoms with Crippen LogP contribution in [0, 0.1) is 16.2 Å². The molecule has 0 saturated heterocycles. The molecule has 0 aromatic heterocycles. The fraction of sp³-hybridized carbons (Fsp3) is 0.647. The summed E-state index contributed by atoms with van der Waals surface area (Å²) in [6, 6.07) is 8.99. The second kappa shape index (κ2) is 3.60. The van der Waals surface area contributed by atoms with Crippen LogP contribution in [-0.2, 0) is 12.8 Å². The summed E-state index contributed by atoms with van der Waals surface area (Å²) >= 11 is 0. The highest BCUT2D eigenvalue weighted by Gasteiger charge is 2.53. The maximum atomic E-state index is 2.41. The first kappa shape index (κ1) is 12.7. The van der Waals surface area contributed by atoms with E-state index in [0.717, 1.165) is 0 Å². The van der Waals surface area contributed by atoms with Crippen LogP contribution in [0.25, 0.3) is 0 Å². The van der Waals surface area contributed by atoms with E-state index in [1.54, 1.807) is 11.1 Å². The monoisotopic (exact) mass is 230 g/mol. The summed E-state index contributed by atoms with van der Waals surface area (Å²) in [4.78, 5) is 0. The predicted octanol–water partition coefficient (Wildman–Crippen LogP) is 4.86. The second-order valence-electron chi connectivity index (χ2n) is 7.70. The van der Waals surface area contributed by atoms with Crippen molar-refractivity contribution in [3.63, 3.8) is 0 Å². The summed E-state index contributed by atoms with van der Waals surface area (Å²) in [5.74, 6) is 0. The third kappa shape index (κ3) is 1.82. The lowest BCUT2D eigenvalue weighted by Crippen LogP contribution is -2.47. The lowest BCUT2D eigenvalue weighted by Gasteiger charge is -2.52. The fourth-order valence-corrected chi connectivity index (χ4v) is 3.80. The normalized spacial score (nSPS) is 19.2. The van der Waals surface area contributed by atoms with Gasteiger partial charge in [-0.25, -0.2) is 0 Å². The molecule has 0 fully saturated rings. The molecule has 0 spiro atoms. The van der Waals surface area contributed by atoms with E-state index in [1.807, 2.05) is 0 Å². The van der Waals surface area contributed by atoms with Crippen molar-refractivity contribution in [3.05, 3.63) is 35.4 Å². The van der Waals surface area contributed by atoms with Crippen LogP contribution in [0.5, 0.6) is 0 Å². The van der Waals surface area contributed by atoms with Gasteiger partial charge in [-0.15, -0.1) is 0 Å². The summed E-state index contributed by atoms with van der Waals surface area (Å²) in [6.45, 7) is 14.4. The van der Waals surface area contributed by atoms with Gasteiger partial charge in [0.1, 0.15) is 0 Å². The van der Waals surface area contributed by atoms with E-state index in [9.17, 15) is 0 Å². The van der Waals surface area contributed by atoms with E-state index >= 15 is 0 Å². The number of fused-ring (bicyclic) bond motifs is 1. The van der Waals surface area contributed by atoms with E-state index in [4.69, 9.17) is 0 Å². The third-order valence-electron chi connectivity index (χ3n) is 4.97. The second-order valence-corrected chi connectivity index (χ2v) is 7.70. The molecule has 0 heterocycles. The van der Waals surface area contributed by atoms with Crippen LogP contribution in [0.4, 0.5) is 0 Å². The summed E-state index contributed by atoms with van der Waals surface area (Å²) in [6.07, 6.45) is 2.46. The first-order valence-corrected chi connectivity index (χ1v) is 6.74. The minimum absolute atomic E-state index is 0.338. The Balaban J connectivity index is 2.50. The molecule has 1 aliphatic carbocycles. The van der Waals surface area contributed by atoms with Crippen LogP contribution >= 0.6 is 0 Å². The summed E-state index contributed by atoms with van der Waals surface area (Å²) in [7, 11) is 0. The van der Waals surface area contributed by atoms with Gasteiger partial charge in [-0.2, -0.15) is 0 Å². The molecule has 0 bridgehead atoms. The van der Waals surface area contributed by atoms with Gasteiger partial charge in [0.2, 0.25) is 0 Å². The zero-order valence-corrected chi connectivity index (χ0v) is 12.2. The van der Waals surface area contributed by atoms with Crippen LogP contribution < -0.4 is 0 Å². The minimum Gasteiger partial charge on any atom is -0.0620 e. The maximum Gasteiger partial charge on any atom is -0.0119 e. The number of benzene rings is 1. The molecule has 1 aliphatic rings. The molecule has 0 nitrogen and oxygen atoms in total. The van der Waals surface area contributed by atoms with Crippen LogP contribution in [0.1, 0.15) is 52.7 Å². The Labute approximate surface area is 106 Å². The molecule has 0 atom stereocenters. The van der Waals surface area contributed by atoms with Crippen molar-refractivity contribution in [2.45, 2.75) is 54.4 Å². The molecule has 0 aliphatic heterocycles. The lowest BCUT2D eigenvalue weighted by atomic mass is 9.52. The van der Waals surface area contributed by atoms with Crippen molar-refractivity contribution in [2.24, 2.45) is 16.2 Å². The van der Waals surface area contributed by atoms with Crippen LogP contribution in [-0.4, -0.2) is 0 Å². The van der Waals surface area contributed by atoms with Crippen molar-refractivity contribution >= 4 is 0 Å². The molecule has 17 heavy (non-hydrogen) atoms. The maximum absolute atomic E-state index is 2.41. The highest BCUT2D eigenvalue weighted by molar-refractivity contribution is 5.36. The van der Waals surface area contributed by atoms with Gasteiger partial charge in [0.25, 0.3) is 0 Å². The molecule has 0 N–H and O–H groups in total. The molecule has 94 valence electrons. The Hall–Kier alpha value is -0.780. The minimum atomic E-state index is 0.338. The lowest BCUT2D eigenvalue weighted by molar-refractivity contribution is -0.0221. The van der Waals surface area contributed by atoms with Gasteiger partial charge in [0, 0.05) is 0 Å². The summed E-state index contributed by atoms with van der Waals surface area (Å²) < 4.78 is 0. The topological polar surface area (TPSA) is 0 Å². The first-order valence-electron chi connectivity index (χ1n) is 6.74. The van der Waals surface area contributed by atoms with Crippen LogP contribution in [0.2, 0.25) is 0 Å². The zero-order chi connectivity index (χ0) is 12.9. The van der Waals surface area contributed by atoms with E-state index in [-0.39, 0.29) is 0 Å². The molecule has 1 aromatic carbocycles. The molecule has 0 radical (unpaired) electrons. The molecular weight excluding hydrogens is 204 g/mol. The van der Waals surface area contributed by atoms with Crippen molar-refractivity contribution in [1.82, 2.24) is 0 Å². The Bertz CT molecular complexity index is 371. The van der Waals surface area contributed by atoms with Gasteiger partial charge in [-0.3, -0.25) is 0 Å². The van der Waals surface area contributed by atoms with E-state index in [1.165, 1.54) is 12.8 Å². The van der Waals surface area contributed by atoms with Crippen molar-refractivity contribution in [1.29, 1.82) is 0 Å². The highest BCUT2D eigenvalue weighted by atomic mass is 14.6. The molecule has 1 aromatic rings. The van der Waals surface area contributed by atoms with E-state index in [2.05, 4.69) is 65.8 Å². The quantitative estimate of drug-likeness (QED) is 0.597. The van der Waals surface area contributed by atoms with Crippen LogP contribution in [0.3, 0.4) is 0 Å². The standard InChI is InChI=1S/C17H26/c1-15(2,3)17(16(4,5)6)11-13-9-7-8-10-14(13)12-17/h7-10H,11-12H2,1-6H3. The molecule has 0 amide bonds. The smallest absolute Gasteiger partial charge is 0.0119 e. The van der Waals surface area contributed by atoms with E-state index in [0.29, 0.717) is 16.2 Å². The number of hydrogen-bond donors (Lipinski definition) is 0. The molecule has 0 unspecified atom stereocenters. The Kier molecular flexibility index (Phi) is 2.69. The first-order chi connectivity index (χ1) is 7.67. The van der Waals surface area contributed by atoms with E-state index < -0.39 is 0 Å². The third-order valence-corrected chi connectivity index (χ3v) is 4.97. The molecular formula is C17H26.